The average molecular weight is 191 g/mol. The van der Waals surface area contributed by atoms with Crippen LogP contribution in [0.2, 0.25) is 0 Å². The third-order valence-corrected chi connectivity index (χ3v) is 1.53. The highest BCUT2D eigenvalue weighted by molar-refractivity contribution is 5.85. The molecule has 0 fully saturated rings. The molecule has 0 atom stereocenters. The van der Waals surface area contributed by atoms with E-state index in [1.165, 1.54) is 6.20 Å². The van der Waals surface area contributed by atoms with Gasteiger partial charge in [-0.1, -0.05) is 0 Å². The molecule has 4 N–H and O–H groups in total. The van der Waals surface area contributed by atoms with E-state index in [1.54, 1.807) is 6.92 Å². The minimum atomic E-state index is -0.202. The highest BCUT2D eigenvalue weighted by Gasteiger charge is 2.06. The Labute approximate surface area is 76.5 Å². The van der Waals surface area contributed by atoms with Gasteiger partial charge in [-0.25, -0.2) is 0 Å². The van der Waals surface area contributed by atoms with E-state index in [0.29, 0.717) is 11.3 Å². The summed E-state index contributed by atoms with van der Waals surface area (Å²) in [5, 5.41) is 17.9. The maximum atomic E-state index is 9.22. The van der Waals surface area contributed by atoms with Gasteiger partial charge in [0.2, 0.25) is 0 Å². The Kier molecular flexibility index (Phi) is 3.79. The summed E-state index contributed by atoms with van der Waals surface area (Å²) in [6.07, 6.45) is 1.45. The van der Waals surface area contributed by atoms with Gasteiger partial charge in [0.15, 0.2) is 5.75 Å². The molecular weight excluding hydrogens is 180 g/mol. The number of halogens is 1. The molecule has 0 aromatic carbocycles. The van der Waals surface area contributed by atoms with E-state index in [4.69, 9.17) is 10.8 Å². The molecule has 68 valence electrons. The number of aliphatic hydroxyl groups excluding tert-OH is 1. The van der Waals surface area contributed by atoms with Crippen molar-refractivity contribution >= 4 is 18.1 Å². The lowest BCUT2D eigenvalue weighted by Gasteiger charge is -2.05. The predicted molar refractivity (Wildman–Crippen MR) is 48.2 cm³/mol. The fourth-order valence-electron chi connectivity index (χ4n) is 0.778. The summed E-state index contributed by atoms with van der Waals surface area (Å²) in [5.41, 5.74) is 6.58. The van der Waals surface area contributed by atoms with Crippen LogP contribution in [0.15, 0.2) is 6.20 Å². The van der Waals surface area contributed by atoms with E-state index in [1.807, 2.05) is 0 Å². The number of aromatic nitrogens is 1. The van der Waals surface area contributed by atoms with Gasteiger partial charge in [-0.15, -0.1) is 12.4 Å². The second-order valence-corrected chi connectivity index (χ2v) is 2.29. The van der Waals surface area contributed by atoms with Crippen LogP contribution in [0.25, 0.3) is 0 Å². The number of aryl methyl sites for hydroxylation is 1. The topological polar surface area (TPSA) is 79.4 Å². The molecule has 0 radical (unpaired) electrons. The zero-order chi connectivity index (χ0) is 8.43. The molecule has 4 nitrogen and oxygen atoms in total. The molecule has 0 bridgehead atoms. The summed E-state index contributed by atoms with van der Waals surface area (Å²) in [6, 6.07) is 0. The molecule has 0 saturated carbocycles. The SMILES string of the molecule is Cc1ncc(CO)c(N)c1O.Cl. The average Bonchev–Trinajstić information content (AvgIpc) is 2.01. The van der Waals surface area contributed by atoms with Gasteiger partial charge in [-0.05, 0) is 6.92 Å². The van der Waals surface area contributed by atoms with E-state index in [-0.39, 0.29) is 30.5 Å². The number of nitrogens with zero attached hydrogens (tertiary/aromatic N) is 1. The quantitative estimate of drug-likeness (QED) is 0.606. The van der Waals surface area contributed by atoms with E-state index < -0.39 is 0 Å². The van der Waals surface area contributed by atoms with Crippen molar-refractivity contribution in [1.82, 2.24) is 4.98 Å². The summed E-state index contributed by atoms with van der Waals surface area (Å²) in [6.45, 7) is 1.44. The van der Waals surface area contributed by atoms with Crippen LogP contribution in [0.1, 0.15) is 11.3 Å². The van der Waals surface area contributed by atoms with Crippen LogP contribution in [0.5, 0.6) is 5.75 Å². The van der Waals surface area contributed by atoms with Crippen LogP contribution < -0.4 is 5.73 Å². The minimum absolute atomic E-state index is 0. The van der Waals surface area contributed by atoms with Crippen molar-refractivity contribution in [3.8, 4) is 5.75 Å². The summed E-state index contributed by atoms with van der Waals surface area (Å²) in [4.78, 5) is 3.82. The summed E-state index contributed by atoms with van der Waals surface area (Å²) in [7, 11) is 0. The van der Waals surface area contributed by atoms with Crippen LogP contribution in [-0.2, 0) is 6.61 Å². The fraction of sp³-hybridized carbons (Fsp3) is 0.286. The third-order valence-electron chi connectivity index (χ3n) is 1.53. The van der Waals surface area contributed by atoms with E-state index in [2.05, 4.69) is 4.98 Å². The number of hydrogen-bond donors (Lipinski definition) is 3. The number of pyridine rings is 1. The largest absolute Gasteiger partial charge is 0.504 e. The molecule has 1 aromatic rings. The molecule has 0 aliphatic carbocycles. The van der Waals surface area contributed by atoms with Crippen LogP contribution in [-0.4, -0.2) is 15.2 Å². The van der Waals surface area contributed by atoms with Crippen molar-refractivity contribution in [3.05, 3.63) is 17.5 Å². The monoisotopic (exact) mass is 190 g/mol. The number of nitrogen functional groups attached to an aromatic ring is 1. The zero-order valence-corrected chi connectivity index (χ0v) is 7.43. The highest BCUT2D eigenvalue weighted by atomic mass is 35.5. The van der Waals surface area contributed by atoms with E-state index >= 15 is 0 Å². The van der Waals surface area contributed by atoms with Gasteiger partial charge in [0, 0.05) is 11.8 Å². The Bertz CT molecular complexity index is 278. The molecule has 0 aliphatic rings. The summed E-state index contributed by atoms with van der Waals surface area (Å²) >= 11 is 0. The van der Waals surface area contributed by atoms with Gasteiger partial charge < -0.3 is 15.9 Å². The number of rotatable bonds is 1. The fourth-order valence-corrected chi connectivity index (χ4v) is 0.778. The minimum Gasteiger partial charge on any atom is -0.504 e. The van der Waals surface area contributed by atoms with Crippen LogP contribution in [0.3, 0.4) is 0 Å². The number of anilines is 1. The maximum Gasteiger partial charge on any atom is 0.160 e. The van der Waals surface area contributed by atoms with Gasteiger partial charge >= 0.3 is 0 Å². The molecule has 0 amide bonds. The normalized spacial score (nSPS) is 9.17. The lowest BCUT2D eigenvalue weighted by atomic mass is 10.2. The number of nitrogens with two attached hydrogens (primary N) is 1. The first kappa shape index (κ1) is 11.0. The molecular formula is C7H11ClN2O2. The molecule has 0 spiro atoms. The molecule has 0 unspecified atom stereocenters. The molecule has 0 saturated heterocycles. The van der Waals surface area contributed by atoms with Gasteiger partial charge in [0.05, 0.1) is 18.0 Å². The van der Waals surface area contributed by atoms with Crippen molar-refractivity contribution < 1.29 is 10.2 Å². The first-order valence-electron chi connectivity index (χ1n) is 3.20. The number of aliphatic hydroxyl groups is 1. The molecule has 1 heterocycles. The van der Waals surface area contributed by atoms with Gasteiger partial charge in [-0.2, -0.15) is 0 Å². The van der Waals surface area contributed by atoms with E-state index in [0.717, 1.165) is 0 Å². The molecule has 1 rings (SSSR count). The summed E-state index contributed by atoms with van der Waals surface area (Å²) in [5.74, 6) is -0.0449. The number of aromatic hydroxyl groups is 1. The van der Waals surface area contributed by atoms with Crippen LogP contribution in [0.4, 0.5) is 5.69 Å². The molecule has 1 aromatic heterocycles. The van der Waals surface area contributed by atoms with Gasteiger partial charge in [0.25, 0.3) is 0 Å². The van der Waals surface area contributed by atoms with Crippen LogP contribution >= 0.6 is 12.4 Å². The van der Waals surface area contributed by atoms with E-state index in [9.17, 15) is 5.11 Å². The second kappa shape index (κ2) is 4.13. The van der Waals surface area contributed by atoms with Crippen molar-refractivity contribution in [3.63, 3.8) is 0 Å². The van der Waals surface area contributed by atoms with Crippen molar-refractivity contribution in [2.45, 2.75) is 13.5 Å². The van der Waals surface area contributed by atoms with Gasteiger partial charge in [0.1, 0.15) is 0 Å². The lowest BCUT2D eigenvalue weighted by Crippen LogP contribution is -1.97. The Morgan fingerprint density at radius 3 is 2.67 bits per heavy atom. The van der Waals surface area contributed by atoms with Crippen molar-refractivity contribution in [2.75, 3.05) is 5.73 Å². The predicted octanol–water partition coefficient (Wildman–Crippen LogP) is 0.592. The Hall–Kier alpha value is -1.00. The zero-order valence-electron chi connectivity index (χ0n) is 6.61. The Morgan fingerprint density at radius 1 is 1.58 bits per heavy atom. The molecule has 5 heteroatoms. The first-order valence-corrected chi connectivity index (χ1v) is 3.20. The highest BCUT2D eigenvalue weighted by Crippen LogP contribution is 2.25. The lowest BCUT2D eigenvalue weighted by molar-refractivity contribution is 0.281. The van der Waals surface area contributed by atoms with Crippen LogP contribution in [0, 0.1) is 6.92 Å². The second-order valence-electron chi connectivity index (χ2n) is 2.29. The summed E-state index contributed by atoms with van der Waals surface area (Å²) < 4.78 is 0. The van der Waals surface area contributed by atoms with Crippen molar-refractivity contribution in [2.24, 2.45) is 0 Å². The molecule has 0 aliphatic heterocycles. The molecule has 12 heavy (non-hydrogen) atoms. The first-order chi connectivity index (χ1) is 5.16. The maximum absolute atomic E-state index is 9.22. The Balaban J connectivity index is 0.00000121. The van der Waals surface area contributed by atoms with Crippen molar-refractivity contribution in [1.29, 1.82) is 0 Å². The Morgan fingerprint density at radius 2 is 2.17 bits per heavy atom. The standard InChI is InChI=1S/C7H10N2O2.ClH/c1-4-7(11)6(8)5(3-10)2-9-4;/h2,10-11H,3H2,1H3,(H2,8,9);1H. The number of hydrogen-bond acceptors (Lipinski definition) is 4. The van der Waals surface area contributed by atoms with Gasteiger partial charge in [-0.3, -0.25) is 4.98 Å². The third kappa shape index (κ3) is 1.78. The smallest absolute Gasteiger partial charge is 0.160 e.